The lowest BCUT2D eigenvalue weighted by atomic mass is 9.98. The molecule has 1 aliphatic rings. The lowest BCUT2D eigenvalue weighted by Crippen LogP contribution is -2.50. The maximum absolute atomic E-state index is 12.6. The summed E-state index contributed by atoms with van der Waals surface area (Å²) >= 11 is 4.90. The van der Waals surface area contributed by atoms with Crippen LogP contribution in [0.5, 0.6) is 0 Å². The molecular formula is C19H31NO7S2. The number of ether oxygens (including phenoxy) is 3. The Morgan fingerprint density at radius 3 is 2.24 bits per heavy atom. The molecule has 0 aromatic carbocycles. The molecule has 1 rings (SSSR count). The van der Waals surface area contributed by atoms with Gasteiger partial charge in [-0.05, 0) is 51.3 Å². The Hall–Kier alpha value is -1.42. The van der Waals surface area contributed by atoms with Crippen LogP contribution in [-0.4, -0.2) is 52.6 Å². The van der Waals surface area contributed by atoms with E-state index in [9.17, 15) is 19.2 Å². The molecule has 1 amide bonds. The van der Waals surface area contributed by atoms with Gasteiger partial charge in [0.1, 0.15) is 12.1 Å². The summed E-state index contributed by atoms with van der Waals surface area (Å²) in [5, 5.41) is 1.86. The van der Waals surface area contributed by atoms with Crippen LogP contribution in [0, 0.1) is 5.92 Å². The first-order chi connectivity index (χ1) is 13.5. The summed E-state index contributed by atoms with van der Waals surface area (Å²) in [6.45, 7) is 6.01. The van der Waals surface area contributed by atoms with Crippen molar-refractivity contribution >= 4 is 47.5 Å². The summed E-state index contributed by atoms with van der Waals surface area (Å²) in [7, 11) is 0. The number of thioether (sulfide) groups is 1. The molecule has 1 fully saturated rings. The summed E-state index contributed by atoms with van der Waals surface area (Å²) in [5.74, 6) is -1.93. The molecule has 0 spiro atoms. The molecule has 8 nitrogen and oxygen atoms in total. The normalized spacial score (nSPS) is 16.1. The molecule has 1 atom stereocenters. The van der Waals surface area contributed by atoms with E-state index in [-0.39, 0.29) is 17.8 Å². The van der Waals surface area contributed by atoms with E-state index in [2.05, 4.69) is 17.9 Å². The van der Waals surface area contributed by atoms with Crippen molar-refractivity contribution in [1.82, 2.24) is 5.32 Å². The van der Waals surface area contributed by atoms with Crippen LogP contribution in [0.15, 0.2) is 0 Å². The molecule has 10 heteroatoms. The Bertz CT molecular complexity index is 584. The summed E-state index contributed by atoms with van der Waals surface area (Å²) in [5.41, 5.74) is 0. The van der Waals surface area contributed by atoms with E-state index < -0.39 is 40.7 Å². The first-order valence-electron chi connectivity index (χ1n) is 9.70. The Balaban J connectivity index is 2.58. The molecule has 29 heavy (non-hydrogen) atoms. The number of carbonyl (C=O) groups is 4. The molecule has 0 aliphatic heterocycles. The summed E-state index contributed by atoms with van der Waals surface area (Å²) in [4.78, 5) is 48.0. The molecule has 0 unspecified atom stereocenters. The molecule has 0 aromatic rings. The minimum Gasteiger partial charge on any atom is -0.461 e. The van der Waals surface area contributed by atoms with Gasteiger partial charge in [0.2, 0.25) is 12.7 Å². The van der Waals surface area contributed by atoms with Gasteiger partial charge in [0.15, 0.2) is 0 Å². The summed E-state index contributed by atoms with van der Waals surface area (Å²) in [6, 6.07) is -1.02. The number of hydrogen-bond donors (Lipinski definition) is 2. The fraction of sp³-hybridized carbons (Fsp3) is 0.789. The van der Waals surface area contributed by atoms with Crippen molar-refractivity contribution in [2.24, 2.45) is 5.92 Å². The number of rotatable bonds is 9. The lowest BCUT2D eigenvalue weighted by molar-refractivity contribution is -0.155. The van der Waals surface area contributed by atoms with E-state index >= 15 is 0 Å². The van der Waals surface area contributed by atoms with Gasteiger partial charge in [-0.1, -0.05) is 20.3 Å². The van der Waals surface area contributed by atoms with Crippen molar-refractivity contribution in [2.75, 3.05) is 12.5 Å². The average molecular weight is 450 g/mol. The molecular weight excluding hydrogens is 418 g/mol. The maximum Gasteiger partial charge on any atom is 0.370 e. The molecule has 1 aliphatic carbocycles. The highest BCUT2D eigenvalue weighted by atomic mass is 32.2. The number of carbonyl (C=O) groups excluding carboxylic acids is 4. The van der Waals surface area contributed by atoms with Gasteiger partial charge >= 0.3 is 17.2 Å². The highest BCUT2D eigenvalue weighted by Gasteiger charge is 2.31. The zero-order valence-corrected chi connectivity index (χ0v) is 19.1. The number of nitrogens with one attached hydrogen (secondary N) is 1. The Morgan fingerprint density at radius 2 is 1.69 bits per heavy atom. The van der Waals surface area contributed by atoms with Gasteiger partial charge in [-0.3, -0.25) is 9.59 Å². The van der Waals surface area contributed by atoms with Crippen molar-refractivity contribution < 1.29 is 33.4 Å². The zero-order valence-electron chi connectivity index (χ0n) is 17.4. The van der Waals surface area contributed by atoms with Gasteiger partial charge in [0.05, 0.1) is 10.7 Å². The molecule has 0 radical (unpaired) electrons. The predicted molar refractivity (Wildman–Crippen MR) is 113 cm³/mol. The second-order valence-corrected chi connectivity index (χ2v) is 9.80. The van der Waals surface area contributed by atoms with Gasteiger partial charge in [0, 0.05) is 5.75 Å². The van der Waals surface area contributed by atoms with E-state index in [1.807, 2.05) is 0 Å². The molecule has 0 heterocycles. The van der Waals surface area contributed by atoms with E-state index in [4.69, 9.17) is 14.2 Å². The molecule has 1 saturated carbocycles. The molecule has 0 bridgehead atoms. The number of hydrogen-bond acceptors (Lipinski definition) is 9. The average Bonchev–Trinajstić information content (AvgIpc) is 2.64. The van der Waals surface area contributed by atoms with Crippen molar-refractivity contribution in [3.05, 3.63) is 0 Å². The largest absolute Gasteiger partial charge is 0.461 e. The Morgan fingerprint density at radius 1 is 1.07 bits per heavy atom. The van der Waals surface area contributed by atoms with Gasteiger partial charge < -0.3 is 19.5 Å². The SMILES string of the molecule is CC(C)C(=O)OCOC(=O)SC[C@H](NC(=O)C(C)(C)S)C(=O)OC1CCCCC1. The van der Waals surface area contributed by atoms with Crippen LogP contribution < -0.4 is 5.32 Å². The van der Waals surface area contributed by atoms with Crippen LogP contribution in [0.4, 0.5) is 4.79 Å². The fourth-order valence-corrected chi connectivity index (χ4v) is 3.15. The first-order valence-corrected chi connectivity index (χ1v) is 11.1. The molecule has 0 aromatic heterocycles. The first kappa shape index (κ1) is 25.6. The number of esters is 2. The molecule has 1 N–H and O–H groups in total. The third kappa shape index (κ3) is 10.3. The fourth-order valence-electron chi connectivity index (χ4n) is 2.43. The minimum atomic E-state index is -1.02. The van der Waals surface area contributed by atoms with E-state index in [1.165, 1.54) is 0 Å². The minimum absolute atomic E-state index is 0.0713. The highest BCUT2D eigenvalue weighted by Crippen LogP contribution is 2.21. The second-order valence-electron chi connectivity index (χ2n) is 7.72. The van der Waals surface area contributed by atoms with Gasteiger partial charge in [-0.2, -0.15) is 12.6 Å². The standard InChI is InChI=1S/C19H31NO7S2/c1-12(2)15(21)25-11-26-18(24)29-10-14(20-17(23)19(3,4)28)16(22)27-13-8-6-5-7-9-13/h12-14,28H,5-11H2,1-4H3,(H,20,23)/t14-/m0/s1. The van der Waals surface area contributed by atoms with Crippen LogP contribution in [0.25, 0.3) is 0 Å². The topological polar surface area (TPSA) is 108 Å². The van der Waals surface area contributed by atoms with Crippen molar-refractivity contribution in [2.45, 2.75) is 76.7 Å². The third-order valence-corrected chi connectivity index (χ3v) is 5.25. The third-order valence-electron chi connectivity index (χ3n) is 4.20. The Kier molecular flexibility index (Phi) is 10.9. The van der Waals surface area contributed by atoms with Gasteiger partial charge in [-0.25, -0.2) is 9.59 Å². The monoisotopic (exact) mass is 449 g/mol. The summed E-state index contributed by atoms with van der Waals surface area (Å²) < 4.78 is 14.1. The molecule has 166 valence electrons. The van der Waals surface area contributed by atoms with Crippen molar-refractivity contribution in [3.8, 4) is 0 Å². The van der Waals surface area contributed by atoms with Crippen LogP contribution in [-0.2, 0) is 28.6 Å². The zero-order chi connectivity index (χ0) is 22.0. The lowest BCUT2D eigenvalue weighted by Gasteiger charge is -2.26. The molecule has 0 saturated heterocycles. The summed E-state index contributed by atoms with van der Waals surface area (Å²) in [6.07, 6.45) is 4.52. The quantitative estimate of drug-likeness (QED) is 0.314. The van der Waals surface area contributed by atoms with Crippen LogP contribution in [0.3, 0.4) is 0 Å². The van der Waals surface area contributed by atoms with Gasteiger partial charge in [-0.15, -0.1) is 0 Å². The van der Waals surface area contributed by atoms with E-state index in [1.54, 1.807) is 27.7 Å². The number of amides is 1. The van der Waals surface area contributed by atoms with Crippen molar-refractivity contribution in [1.29, 1.82) is 0 Å². The number of thiol groups is 1. The Labute approximate surface area is 181 Å². The van der Waals surface area contributed by atoms with Crippen LogP contribution in [0.1, 0.15) is 59.8 Å². The smallest absolute Gasteiger partial charge is 0.370 e. The second kappa shape index (κ2) is 12.3. The van der Waals surface area contributed by atoms with Crippen LogP contribution in [0.2, 0.25) is 0 Å². The maximum atomic E-state index is 12.6. The predicted octanol–water partition coefficient (Wildman–Crippen LogP) is 3.08. The van der Waals surface area contributed by atoms with E-state index in [0.29, 0.717) is 11.8 Å². The highest BCUT2D eigenvalue weighted by molar-refractivity contribution is 8.13. The van der Waals surface area contributed by atoms with Crippen molar-refractivity contribution in [3.63, 3.8) is 0 Å². The van der Waals surface area contributed by atoms with E-state index in [0.717, 1.165) is 32.1 Å². The van der Waals surface area contributed by atoms with Crippen LogP contribution >= 0.6 is 24.4 Å². The van der Waals surface area contributed by atoms with Gasteiger partial charge in [0.25, 0.3) is 0 Å².